The molecule has 4 aromatic rings. The van der Waals surface area contributed by atoms with Crippen molar-refractivity contribution in [3.63, 3.8) is 0 Å². The molecule has 2 N–H and O–H groups in total. The zero-order chi connectivity index (χ0) is 29.0. The Bertz CT molecular complexity index is 1590. The van der Waals surface area contributed by atoms with Gasteiger partial charge in [0.2, 0.25) is 5.91 Å². The van der Waals surface area contributed by atoms with Crippen molar-refractivity contribution in [3.8, 4) is 16.9 Å². The van der Waals surface area contributed by atoms with Crippen molar-refractivity contribution in [2.45, 2.75) is 18.8 Å². The molecule has 7 nitrogen and oxygen atoms in total. The van der Waals surface area contributed by atoms with E-state index in [2.05, 4.69) is 27.2 Å². The largest absolute Gasteiger partial charge is 0.490 e. The van der Waals surface area contributed by atoms with Crippen LogP contribution in [0.2, 0.25) is 0 Å². The summed E-state index contributed by atoms with van der Waals surface area (Å²) >= 11 is 0. The van der Waals surface area contributed by atoms with Crippen LogP contribution in [0.3, 0.4) is 0 Å². The second kappa shape index (κ2) is 11.9. The SMILES string of the molecule is C=CC(=O)Nc1cc2c(Nc3cccc(-c4ccc(F)cc4F)c3)ncnc2cc1OCCN1CCC(F)(F)CC1. The number of rotatable bonds is 9. The Balaban J connectivity index is 1.39. The van der Waals surface area contributed by atoms with Crippen molar-refractivity contribution in [3.05, 3.63) is 85.2 Å². The maximum absolute atomic E-state index is 14.4. The summed E-state index contributed by atoms with van der Waals surface area (Å²) in [5, 5.41) is 6.50. The Kier molecular flexibility index (Phi) is 8.16. The highest BCUT2D eigenvalue weighted by Gasteiger charge is 2.33. The number of anilines is 3. The minimum absolute atomic E-state index is 0.182. The molecule has 41 heavy (non-hydrogen) atoms. The van der Waals surface area contributed by atoms with Crippen LogP contribution in [0.4, 0.5) is 34.8 Å². The molecule has 0 bridgehead atoms. The topological polar surface area (TPSA) is 79.4 Å². The van der Waals surface area contributed by atoms with Gasteiger partial charge in [-0.15, -0.1) is 0 Å². The van der Waals surface area contributed by atoms with E-state index >= 15 is 0 Å². The van der Waals surface area contributed by atoms with Gasteiger partial charge in [-0.25, -0.2) is 27.5 Å². The van der Waals surface area contributed by atoms with E-state index in [4.69, 9.17) is 4.74 Å². The van der Waals surface area contributed by atoms with E-state index in [0.717, 1.165) is 12.1 Å². The van der Waals surface area contributed by atoms with Gasteiger partial charge in [-0.2, -0.15) is 0 Å². The standard InChI is InChI=1S/C30H27F4N5O2/c1-2-28(40)38-26-16-23-25(17-27(26)41-13-12-39-10-8-30(33,34)9-11-39)35-18-36-29(23)37-21-5-3-4-19(14-21)22-7-6-20(31)15-24(22)32/h2-7,14-18H,1,8-13H2,(H,38,40)(H,35,36,37). The van der Waals surface area contributed by atoms with E-state index in [1.807, 2.05) is 4.90 Å². The van der Waals surface area contributed by atoms with Crippen LogP contribution in [-0.2, 0) is 4.79 Å². The molecule has 1 amide bonds. The highest BCUT2D eigenvalue weighted by Crippen LogP contribution is 2.34. The molecule has 5 rings (SSSR count). The van der Waals surface area contributed by atoms with Crippen LogP contribution in [0.15, 0.2) is 73.6 Å². The summed E-state index contributed by atoms with van der Waals surface area (Å²) in [5.41, 5.74) is 2.25. The highest BCUT2D eigenvalue weighted by molar-refractivity contribution is 6.03. The molecule has 212 valence electrons. The van der Waals surface area contributed by atoms with E-state index in [9.17, 15) is 22.4 Å². The van der Waals surface area contributed by atoms with Crippen molar-refractivity contribution in [2.75, 3.05) is 36.9 Å². The Morgan fingerprint density at radius 3 is 2.63 bits per heavy atom. The van der Waals surface area contributed by atoms with Gasteiger partial charge in [0.15, 0.2) is 0 Å². The number of nitrogens with one attached hydrogen (secondary N) is 2. The minimum atomic E-state index is -2.62. The monoisotopic (exact) mass is 565 g/mol. The number of nitrogens with zero attached hydrogens (tertiary/aromatic N) is 3. The Hall–Kier alpha value is -4.51. The first-order valence-electron chi connectivity index (χ1n) is 13.0. The highest BCUT2D eigenvalue weighted by atomic mass is 19.3. The smallest absolute Gasteiger partial charge is 0.250 e. The summed E-state index contributed by atoms with van der Waals surface area (Å²) in [5.74, 6) is -3.64. The zero-order valence-corrected chi connectivity index (χ0v) is 22.0. The fourth-order valence-electron chi connectivity index (χ4n) is 4.60. The summed E-state index contributed by atoms with van der Waals surface area (Å²) in [6.07, 6.45) is 2.13. The number of carbonyl (C=O) groups excluding carboxylic acids is 1. The number of hydrogen-bond acceptors (Lipinski definition) is 6. The number of fused-ring (bicyclic) bond motifs is 1. The first kappa shape index (κ1) is 28.0. The van der Waals surface area contributed by atoms with Crippen LogP contribution >= 0.6 is 0 Å². The third-order valence-corrected chi connectivity index (χ3v) is 6.80. The fraction of sp³-hybridized carbons (Fsp3) is 0.233. The normalized spacial score (nSPS) is 14.9. The molecule has 1 aliphatic heterocycles. The summed E-state index contributed by atoms with van der Waals surface area (Å²) < 4.78 is 60.7. The second-order valence-electron chi connectivity index (χ2n) is 9.66. The van der Waals surface area contributed by atoms with Gasteiger partial charge < -0.3 is 15.4 Å². The van der Waals surface area contributed by atoms with Gasteiger partial charge >= 0.3 is 0 Å². The maximum atomic E-state index is 14.4. The summed E-state index contributed by atoms with van der Waals surface area (Å²) in [6.45, 7) is 4.73. The molecule has 1 fully saturated rings. The van der Waals surface area contributed by atoms with Crippen molar-refractivity contribution in [1.82, 2.24) is 14.9 Å². The summed E-state index contributed by atoms with van der Waals surface area (Å²) in [6, 6.07) is 13.6. The average molecular weight is 566 g/mol. The van der Waals surface area contributed by atoms with Crippen molar-refractivity contribution in [2.24, 2.45) is 0 Å². The van der Waals surface area contributed by atoms with Crippen LogP contribution in [0.1, 0.15) is 12.8 Å². The van der Waals surface area contributed by atoms with Gasteiger partial charge in [-0.3, -0.25) is 9.69 Å². The molecule has 1 aliphatic rings. The molecule has 0 aliphatic carbocycles. The summed E-state index contributed by atoms with van der Waals surface area (Å²) in [7, 11) is 0. The molecule has 0 radical (unpaired) electrons. The molecular weight excluding hydrogens is 538 g/mol. The van der Waals surface area contributed by atoms with E-state index < -0.39 is 23.5 Å². The predicted octanol–water partition coefficient (Wildman–Crippen LogP) is 6.55. The number of alkyl halides is 2. The van der Waals surface area contributed by atoms with Crippen LogP contribution in [0, 0.1) is 11.6 Å². The lowest BCUT2D eigenvalue weighted by atomic mass is 10.0. The maximum Gasteiger partial charge on any atom is 0.250 e. The number of carbonyl (C=O) groups is 1. The van der Waals surface area contributed by atoms with E-state index in [1.54, 1.807) is 36.4 Å². The molecule has 0 unspecified atom stereocenters. The lowest BCUT2D eigenvalue weighted by Crippen LogP contribution is -2.41. The Morgan fingerprint density at radius 1 is 1.07 bits per heavy atom. The zero-order valence-electron chi connectivity index (χ0n) is 22.0. The summed E-state index contributed by atoms with van der Waals surface area (Å²) in [4.78, 5) is 22.8. The number of benzene rings is 3. The van der Waals surface area contributed by atoms with Gasteiger partial charge in [-0.05, 0) is 42.0 Å². The molecule has 1 saturated heterocycles. The van der Waals surface area contributed by atoms with Crippen molar-refractivity contribution >= 4 is 34.0 Å². The van der Waals surface area contributed by atoms with Gasteiger partial charge in [0, 0.05) is 61.2 Å². The number of halogens is 4. The predicted molar refractivity (Wildman–Crippen MR) is 150 cm³/mol. The van der Waals surface area contributed by atoms with Crippen molar-refractivity contribution < 1.29 is 27.1 Å². The third-order valence-electron chi connectivity index (χ3n) is 6.80. The fourth-order valence-corrected chi connectivity index (χ4v) is 4.60. The number of likely N-dealkylation sites (tertiary alicyclic amines) is 1. The molecule has 0 saturated carbocycles. The molecule has 0 spiro atoms. The number of amides is 1. The van der Waals surface area contributed by atoms with Crippen LogP contribution in [0.5, 0.6) is 5.75 Å². The van der Waals surface area contributed by atoms with Gasteiger partial charge in [0.25, 0.3) is 5.92 Å². The van der Waals surface area contributed by atoms with Crippen LogP contribution < -0.4 is 15.4 Å². The Morgan fingerprint density at radius 2 is 1.88 bits per heavy atom. The molecule has 2 heterocycles. The first-order valence-corrected chi connectivity index (χ1v) is 13.0. The quantitative estimate of drug-likeness (QED) is 0.177. The minimum Gasteiger partial charge on any atom is -0.490 e. The number of piperidine rings is 1. The van der Waals surface area contributed by atoms with Crippen LogP contribution in [0.25, 0.3) is 22.0 Å². The van der Waals surface area contributed by atoms with Gasteiger partial charge in [0.05, 0.1) is 11.2 Å². The van der Waals surface area contributed by atoms with E-state index in [-0.39, 0.29) is 38.1 Å². The number of aromatic nitrogens is 2. The van der Waals surface area contributed by atoms with Gasteiger partial charge in [0.1, 0.15) is 36.1 Å². The lowest BCUT2D eigenvalue weighted by molar-refractivity contribution is -0.111. The number of ether oxygens (including phenoxy) is 1. The molecule has 11 heteroatoms. The lowest BCUT2D eigenvalue weighted by Gasteiger charge is -2.31. The molecule has 3 aromatic carbocycles. The Labute approximate surface area is 233 Å². The molecule has 1 aromatic heterocycles. The average Bonchev–Trinajstić information content (AvgIpc) is 2.94. The van der Waals surface area contributed by atoms with Crippen molar-refractivity contribution in [1.29, 1.82) is 0 Å². The first-order chi connectivity index (χ1) is 19.7. The molecule has 0 atom stereocenters. The second-order valence-corrected chi connectivity index (χ2v) is 9.66. The van der Waals surface area contributed by atoms with Crippen LogP contribution in [-0.4, -0.2) is 52.9 Å². The third kappa shape index (κ3) is 6.80. The van der Waals surface area contributed by atoms with Gasteiger partial charge in [-0.1, -0.05) is 18.7 Å². The van der Waals surface area contributed by atoms with E-state index in [0.29, 0.717) is 46.0 Å². The number of hydrogen-bond donors (Lipinski definition) is 2. The van der Waals surface area contributed by atoms with E-state index in [1.165, 1.54) is 18.5 Å². The molecular formula is C30H27F4N5O2.